The number of nitrogens with two attached hydrogens (primary N) is 2. The van der Waals surface area contributed by atoms with Crippen LogP contribution >= 0.6 is 0 Å². The Morgan fingerprint density at radius 1 is 0.524 bits per heavy atom. The Morgan fingerprint density at radius 3 is 0.833 bits per heavy atom. The fraction of sp³-hybridized carbons (Fsp3) is 0.600. The van der Waals surface area contributed by atoms with E-state index in [2.05, 4.69) is 20.5 Å². The van der Waals surface area contributed by atoms with Crippen LogP contribution in [0.3, 0.4) is 0 Å². The van der Waals surface area contributed by atoms with Crippen LogP contribution in [-0.2, 0) is 28.8 Å². The highest BCUT2D eigenvalue weighted by atomic mass is 16.4. The van der Waals surface area contributed by atoms with Crippen molar-refractivity contribution in [2.45, 2.75) is 75.7 Å². The van der Waals surface area contributed by atoms with Crippen molar-refractivity contribution in [2.24, 2.45) is 32.0 Å². The topological polar surface area (TPSA) is 406 Å². The first-order valence-corrected chi connectivity index (χ1v) is 10.9. The van der Waals surface area contributed by atoms with Gasteiger partial charge in [-0.25, -0.2) is 9.59 Å². The first kappa shape index (κ1) is 41.4. The van der Waals surface area contributed by atoms with Crippen molar-refractivity contribution in [1.82, 2.24) is 0 Å². The van der Waals surface area contributed by atoms with Gasteiger partial charge in [-0.1, -0.05) is 10.3 Å². The molecule has 22 nitrogen and oxygen atoms in total. The third-order valence-electron chi connectivity index (χ3n) is 4.59. The molecule has 0 radical (unpaired) electrons. The number of azo groups is 1. The van der Waals surface area contributed by atoms with Gasteiger partial charge in [0.1, 0.15) is 11.1 Å². The van der Waals surface area contributed by atoms with E-state index in [-0.39, 0.29) is 11.7 Å². The number of oxime groups is 2. The van der Waals surface area contributed by atoms with Gasteiger partial charge in [-0.05, 0) is 27.7 Å². The molecule has 0 amide bonds. The summed E-state index contributed by atoms with van der Waals surface area (Å²) in [6, 6.07) is 0. The van der Waals surface area contributed by atoms with Gasteiger partial charge in [-0.15, -0.1) is 0 Å². The van der Waals surface area contributed by atoms with E-state index in [9.17, 15) is 28.8 Å². The molecule has 0 aromatic carbocycles. The van der Waals surface area contributed by atoms with Crippen LogP contribution in [0.15, 0.2) is 20.5 Å². The molecule has 0 fully saturated rings. The number of aliphatic hydroxyl groups is 2. The van der Waals surface area contributed by atoms with Gasteiger partial charge in [-0.3, -0.25) is 19.2 Å². The fourth-order valence-electron chi connectivity index (χ4n) is 2.03. The van der Waals surface area contributed by atoms with Crippen LogP contribution in [0.2, 0.25) is 0 Å². The summed E-state index contributed by atoms with van der Waals surface area (Å²) in [7, 11) is 0. The van der Waals surface area contributed by atoms with Crippen LogP contribution in [-0.4, -0.2) is 121 Å². The van der Waals surface area contributed by atoms with Crippen molar-refractivity contribution >= 4 is 47.5 Å². The molecule has 0 saturated carbocycles. The van der Waals surface area contributed by atoms with E-state index >= 15 is 0 Å². The molecular formula is C20H34N6O16. The standard InChI is InChI=1S/C8H18N6O2.2C6H8O7/c1-7(2,5(9)11-15)13-14-8(3,4)6(10)12-16;2*7-3(8)1-6(13,5(11)12)2-4(9)10/h15-16H,1-4H3,(H2,9,11)(H2,10,12);2*13H,1-2H2,(H,7,8)(H,9,10)(H,11,12). The van der Waals surface area contributed by atoms with E-state index in [0.717, 1.165) is 0 Å². The van der Waals surface area contributed by atoms with E-state index in [0.29, 0.717) is 0 Å². The summed E-state index contributed by atoms with van der Waals surface area (Å²) in [5.74, 6) is -10.2. The highest BCUT2D eigenvalue weighted by Crippen LogP contribution is 2.17. The van der Waals surface area contributed by atoms with Gasteiger partial charge in [0.25, 0.3) is 0 Å². The van der Waals surface area contributed by atoms with Gasteiger partial charge in [0.15, 0.2) is 22.9 Å². The van der Waals surface area contributed by atoms with Gasteiger partial charge in [-0.2, -0.15) is 10.2 Å². The van der Waals surface area contributed by atoms with E-state index in [1.807, 2.05) is 0 Å². The van der Waals surface area contributed by atoms with Crippen molar-refractivity contribution in [3.8, 4) is 0 Å². The molecule has 42 heavy (non-hydrogen) atoms. The molecule has 0 atom stereocenters. The third-order valence-corrected chi connectivity index (χ3v) is 4.59. The van der Waals surface area contributed by atoms with E-state index < -0.39 is 83.8 Å². The first-order chi connectivity index (χ1) is 18.7. The number of hydrogen-bond donors (Lipinski definition) is 12. The zero-order valence-corrected chi connectivity index (χ0v) is 22.7. The third kappa shape index (κ3) is 16.1. The molecule has 22 heteroatoms. The predicted octanol–water partition coefficient (Wildman–Crippen LogP) is -2.01. The molecule has 0 aromatic rings. The Labute approximate surface area is 235 Å². The Balaban J connectivity index is -0.000000548. The summed E-state index contributed by atoms with van der Waals surface area (Å²) in [6.07, 6.45) is -4.58. The maximum atomic E-state index is 10.3. The highest BCUT2D eigenvalue weighted by Gasteiger charge is 2.41. The molecular weight excluding hydrogens is 580 g/mol. The van der Waals surface area contributed by atoms with Crippen LogP contribution in [0.5, 0.6) is 0 Å². The zero-order chi connectivity index (χ0) is 34.3. The second-order valence-electron chi connectivity index (χ2n) is 9.24. The average Bonchev–Trinajstić information content (AvgIpc) is 2.80. The lowest BCUT2D eigenvalue weighted by Crippen LogP contribution is -2.42. The normalized spacial score (nSPS) is 12.7. The predicted molar refractivity (Wildman–Crippen MR) is 134 cm³/mol. The number of rotatable bonds is 14. The number of nitrogens with zero attached hydrogens (tertiary/aromatic N) is 4. The van der Waals surface area contributed by atoms with Crippen LogP contribution in [0, 0.1) is 0 Å². The Kier molecular flexibility index (Phi) is 16.6. The average molecular weight is 615 g/mol. The number of carboxylic acid groups (broad SMARTS) is 6. The molecule has 0 aliphatic rings. The number of hydrogen-bond acceptors (Lipinski definition) is 14. The quantitative estimate of drug-likeness (QED) is 0.0330. The minimum Gasteiger partial charge on any atom is -0.481 e. The van der Waals surface area contributed by atoms with Gasteiger partial charge < -0.3 is 62.7 Å². The van der Waals surface area contributed by atoms with Crippen molar-refractivity contribution in [1.29, 1.82) is 0 Å². The van der Waals surface area contributed by atoms with Crippen molar-refractivity contribution in [2.75, 3.05) is 0 Å². The maximum Gasteiger partial charge on any atom is 0.336 e. The Bertz CT molecular complexity index is 982. The highest BCUT2D eigenvalue weighted by molar-refractivity contribution is 5.90. The molecule has 0 aliphatic carbocycles. The monoisotopic (exact) mass is 614 g/mol. The van der Waals surface area contributed by atoms with Crippen LogP contribution in [0.1, 0.15) is 53.4 Å². The molecule has 0 aromatic heterocycles. The second-order valence-corrected chi connectivity index (χ2v) is 9.24. The molecule has 0 heterocycles. The summed E-state index contributed by atoms with van der Waals surface area (Å²) < 4.78 is 0. The summed E-state index contributed by atoms with van der Waals surface area (Å²) in [5.41, 5.74) is 3.46. The van der Waals surface area contributed by atoms with E-state index in [1.54, 1.807) is 27.7 Å². The van der Waals surface area contributed by atoms with Crippen LogP contribution < -0.4 is 11.5 Å². The number of amidine groups is 2. The van der Waals surface area contributed by atoms with Crippen molar-refractivity contribution in [3.05, 3.63) is 0 Å². The molecule has 0 aliphatic heterocycles. The smallest absolute Gasteiger partial charge is 0.336 e. The molecule has 14 N–H and O–H groups in total. The molecule has 240 valence electrons. The molecule has 0 rings (SSSR count). The van der Waals surface area contributed by atoms with Crippen LogP contribution in [0.4, 0.5) is 0 Å². The lowest BCUT2D eigenvalue weighted by atomic mass is 9.96. The Morgan fingerprint density at radius 2 is 0.714 bits per heavy atom. The summed E-state index contributed by atoms with van der Waals surface area (Å²) in [5, 5.41) is 98.2. The largest absolute Gasteiger partial charge is 0.481 e. The van der Waals surface area contributed by atoms with Crippen LogP contribution in [0.25, 0.3) is 0 Å². The maximum absolute atomic E-state index is 10.3. The molecule has 0 bridgehead atoms. The SMILES string of the molecule is CC(C)(N=NC(C)(C)C(N)=NO)C(N)=NO.O=C(O)CC(O)(CC(=O)O)C(=O)O.O=C(O)CC(O)(CC(=O)O)C(=O)O. The van der Waals surface area contributed by atoms with Gasteiger partial charge in [0.05, 0.1) is 25.7 Å². The minimum atomic E-state index is -2.74. The number of carbonyl (C=O) groups is 6. The summed E-state index contributed by atoms with van der Waals surface area (Å²) >= 11 is 0. The second kappa shape index (κ2) is 16.9. The molecule has 0 saturated heterocycles. The van der Waals surface area contributed by atoms with Crippen molar-refractivity contribution in [3.63, 3.8) is 0 Å². The number of carboxylic acids is 6. The lowest BCUT2D eigenvalue weighted by Gasteiger charge is -2.20. The van der Waals surface area contributed by atoms with Gasteiger partial charge in [0.2, 0.25) is 0 Å². The first-order valence-electron chi connectivity index (χ1n) is 10.9. The molecule has 0 spiro atoms. The van der Waals surface area contributed by atoms with Crippen molar-refractivity contribution < 1.29 is 80.0 Å². The van der Waals surface area contributed by atoms with Gasteiger partial charge in [0, 0.05) is 0 Å². The Hall–Kier alpha value is -5.12. The lowest BCUT2D eigenvalue weighted by molar-refractivity contribution is -0.170. The molecule has 0 unspecified atom stereocenters. The minimum absolute atomic E-state index is 0.0773. The van der Waals surface area contributed by atoms with Gasteiger partial charge >= 0.3 is 35.8 Å². The zero-order valence-electron chi connectivity index (χ0n) is 22.7. The summed E-state index contributed by atoms with van der Waals surface area (Å²) in [6.45, 7) is 6.48. The van der Waals surface area contributed by atoms with E-state index in [1.165, 1.54) is 0 Å². The fourth-order valence-corrected chi connectivity index (χ4v) is 2.03. The number of aliphatic carboxylic acids is 6. The summed E-state index contributed by atoms with van der Waals surface area (Å²) in [4.78, 5) is 61.0. The van der Waals surface area contributed by atoms with E-state index in [4.69, 9.17) is 62.7 Å².